The molecule has 3 atom stereocenters. The van der Waals surface area contributed by atoms with Crippen LogP contribution in [0, 0.1) is 6.92 Å². The summed E-state index contributed by atoms with van der Waals surface area (Å²) in [5, 5.41) is 0. The van der Waals surface area contributed by atoms with Crippen LogP contribution in [0.3, 0.4) is 0 Å². The van der Waals surface area contributed by atoms with Crippen molar-refractivity contribution in [3.05, 3.63) is 54.1 Å². The zero-order chi connectivity index (χ0) is 21.9. The van der Waals surface area contributed by atoms with Gasteiger partial charge in [0, 0.05) is 30.4 Å². The number of unbranched alkanes of at least 4 members (excludes halogenated alkanes) is 1. The Labute approximate surface area is 176 Å². The number of allylic oxidation sites excluding steroid dienone is 1. The molecule has 2 aliphatic carbocycles. The van der Waals surface area contributed by atoms with Crippen molar-refractivity contribution in [1.82, 2.24) is 4.98 Å². The van der Waals surface area contributed by atoms with Crippen molar-refractivity contribution in [2.45, 2.75) is 62.9 Å². The summed E-state index contributed by atoms with van der Waals surface area (Å²) < 4.78 is 15.4. The molecule has 0 saturated carbocycles. The number of carbonyl (C=O) groups is 3. The summed E-state index contributed by atoms with van der Waals surface area (Å²) in [4.78, 5) is 41.1. The molecule has 1 heterocycles. The van der Waals surface area contributed by atoms with Gasteiger partial charge in [-0.25, -0.2) is 0 Å². The largest absolute Gasteiger partial charge is 0.468 e. The third-order valence-corrected chi connectivity index (χ3v) is 6.08. The Morgan fingerprint density at radius 1 is 1.23 bits per heavy atom. The Hall–Kier alpha value is -2.96. The van der Waals surface area contributed by atoms with Crippen molar-refractivity contribution < 1.29 is 28.6 Å². The predicted molar refractivity (Wildman–Crippen MR) is 108 cm³/mol. The van der Waals surface area contributed by atoms with Gasteiger partial charge in [-0.1, -0.05) is 25.6 Å². The molecule has 0 spiro atoms. The molecule has 30 heavy (non-hydrogen) atoms. The Kier molecular flexibility index (Phi) is 6.10. The van der Waals surface area contributed by atoms with Crippen molar-refractivity contribution in [2.75, 3.05) is 7.11 Å². The molecule has 0 saturated heterocycles. The number of esters is 3. The fourth-order valence-corrected chi connectivity index (χ4v) is 4.49. The summed E-state index contributed by atoms with van der Waals surface area (Å²) in [6.45, 7) is 7.19. The highest BCUT2D eigenvalue weighted by Gasteiger charge is 2.68. The molecule has 0 unspecified atom stereocenters. The average Bonchev–Trinajstić information content (AvgIpc) is 2.71. The van der Waals surface area contributed by atoms with E-state index in [1.807, 2.05) is 38.1 Å². The molecule has 0 amide bonds. The fraction of sp³-hybridized carbons (Fsp3) is 0.478. The molecule has 7 heteroatoms. The molecule has 0 bridgehead atoms. The van der Waals surface area contributed by atoms with Gasteiger partial charge in [0.15, 0.2) is 0 Å². The van der Waals surface area contributed by atoms with E-state index in [4.69, 9.17) is 9.47 Å². The molecule has 2 aliphatic rings. The minimum Gasteiger partial charge on any atom is -0.468 e. The Bertz CT molecular complexity index is 907. The lowest BCUT2D eigenvalue weighted by Crippen LogP contribution is -2.64. The lowest BCUT2D eigenvalue weighted by atomic mass is 9.45. The first kappa shape index (κ1) is 21.7. The number of fused-ring (bicyclic) bond motifs is 4. The van der Waals surface area contributed by atoms with E-state index in [2.05, 4.69) is 16.3 Å². The number of carbonyl (C=O) groups excluding carboxylic acids is 3. The van der Waals surface area contributed by atoms with Crippen molar-refractivity contribution in [3.8, 4) is 0 Å². The molecule has 0 N–H and O–H groups in total. The third kappa shape index (κ3) is 3.53. The molecular formula is C23H27NO6. The molecule has 1 aromatic heterocycles. The van der Waals surface area contributed by atoms with Gasteiger partial charge in [0.2, 0.25) is 0 Å². The smallest absolute Gasteiger partial charge is 0.319 e. The minimum absolute atomic E-state index is 0.183. The monoisotopic (exact) mass is 413 g/mol. The Morgan fingerprint density at radius 2 is 1.93 bits per heavy atom. The highest BCUT2D eigenvalue weighted by atomic mass is 16.5. The molecule has 0 fully saturated rings. The minimum atomic E-state index is -0.975. The van der Waals surface area contributed by atoms with Gasteiger partial charge < -0.3 is 14.2 Å². The summed E-state index contributed by atoms with van der Waals surface area (Å²) in [6.07, 6.45) is 6.01. The SMILES string of the molecule is C=COC(=O)CCCCC(=O)O[C@@H]1C=C[C@@]2(C)c3ccc(C)nc3[C@@]2(C(=O)OC)C1. The summed E-state index contributed by atoms with van der Waals surface area (Å²) >= 11 is 0. The van der Waals surface area contributed by atoms with Crippen LogP contribution in [0.15, 0.2) is 37.1 Å². The molecule has 0 aliphatic heterocycles. The summed E-state index contributed by atoms with van der Waals surface area (Å²) in [6, 6.07) is 3.92. The van der Waals surface area contributed by atoms with Crippen molar-refractivity contribution in [2.24, 2.45) is 0 Å². The van der Waals surface area contributed by atoms with Crippen LogP contribution < -0.4 is 0 Å². The number of nitrogens with zero attached hydrogens (tertiary/aromatic N) is 1. The van der Waals surface area contributed by atoms with E-state index in [0.717, 1.165) is 17.5 Å². The topological polar surface area (TPSA) is 91.8 Å². The zero-order valence-electron chi connectivity index (χ0n) is 17.6. The quantitative estimate of drug-likeness (QED) is 0.212. The average molecular weight is 413 g/mol. The first-order chi connectivity index (χ1) is 14.3. The van der Waals surface area contributed by atoms with Gasteiger partial charge in [-0.2, -0.15) is 0 Å². The van der Waals surface area contributed by atoms with E-state index >= 15 is 0 Å². The number of aryl methyl sites for hydroxylation is 1. The van der Waals surface area contributed by atoms with Gasteiger partial charge in [-0.15, -0.1) is 0 Å². The maximum atomic E-state index is 12.9. The molecule has 0 radical (unpaired) electrons. The molecule has 7 nitrogen and oxygen atoms in total. The van der Waals surface area contributed by atoms with E-state index < -0.39 is 16.9 Å². The van der Waals surface area contributed by atoms with Crippen molar-refractivity contribution >= 4 is 17.9 Å². The van der Waals surface area contributed by atoms with Gasteiger partial charge in [-0.3, -0.25) is 19.4 Å². The molecule has 3 rings (SSSR count). The molecule has 1 aromatic rings. The number of aromatic nitrogens is 1. The number of pyridine rings is 1. The van der Waals surface area contributed by atoms with Gasteiger partial charge >= 0.3 is 17.9 Å². The highest BCUT2D eigenvalue weighted by molar-refractivity contribution is 5.91. The second kappa shape index (κ2) is 8.42. The van der Waals surface area contributed by atoms with Gasteiger partial charge in [-0.05, 0) is 37.5 Å². The molecule has 160 valence electrons. The van der Waals surface area contributed by atoms with Crippen LogP contribution in [0.1, 0.15) is 56.0 Å². The van der Waals surface area contributed by atoms with E-state index in [1.54, 1.807) is 0 Å². The van der Waals surface area contributed by atoms with Crippen LogP contribution >= 0.6 is 0 Å². The van der Waals surface area contributed by atoms with Crippen LogP contribution in [-0.4, -0.2) is 36.1 Å². The van der Waals surface area contributed by atoms with Crippen LogP contribution in [0.25, 0.3) is 0 Å². The van der Waals surface area contributed by atoms with Crippen LogP contribution in [0.5, 0.6) is 0 Å². The number of hydrogen-bond donors (Lipinski definition) is 0. The van der Waals surface area contributed by atoms with Crippen molar-refractivity contribution in [1.29, 1.82) is 0 Å². The number of ether oxygens (including phenoxy) is 3. The second-order valence-electron chi connectivity index (χ2n) is 7.90. The fourth-order valence-electron chi connectivity index (χ4n) is 4.49. The zero-order valence-corrected chi connectivity index (χ0v) is 17.6. The highest BCUT2D eigenvalue weighted by Crippen LogP contribution is 2.61. The van der Waals surface area contributed by atoms with Gasteiger partial charge in [0.1, 0.15) is 11.5 Å². The normalized spacial score (nSPS) is 25.9. The second-order valence-corrected chi connectivity index (χ2v) is 7.90. The van der Waals surface area contributed by atoms with Crippen LogP contribution in [0.2, 0.25) is 0 Å². The molecular weight excluding hydrogens is 386 g/mol. The summed E-state index contributed by atoms with van der Waals surface area (Å²) in [5.74, 6) is -1.12. The first-order valence-corrected chi connectivity index (χ1v) is 10.0. The first-order valence-electron chi connectivity index (χ1n) is 10.0. The number of hydrogen-bond acceptors (Lipinski definition) is 7. The van der Waals surface area contributed by atoms with E-state index in [9.17, 15) is 14.4 Å². The van der Waals surface area contributed by atoms with Crippen molar-refractivity contribution in [3.63, 3.8) is 0 Å². The standard InChI is InChI=1S/C23H27NO6/c1-5-29-18(25)8-6-7-9-19(26)30-16-12-13-22(3)17-11-10-15(2)24-20(17)23(22,14-16)21(27)28-4/h5,10-13,16H,1,6-9,14H2,2-4H3/t16-,22+,23-/m1/s1. The van der Waals surface area contributed by atoms with E-state index in [-0.39, 0.29) is 37.2 Å². The van der Waals surface area contributed by atoms with Gasteiger partial charge in [0.25, 0.3) is 0 Å². The van der Waals surface area contributed by atoms with Crippen LogP contribution in [0.4, 0.5) is 0 Å². The number of rotatable bonds is 8. The lowest BCUT2D eigenvalue weighted by molar-refractivity contribution is -0.159. The van der Waals surface area contributed by atoms with E-state index in [1.165, 1.54) is 7.11 Å². The summed E-state index contributed by atoms with van der Waals surface area (Å²) in [7, 11) is 1.36. The Morgan fingerprint density at radius 3 is 2.60 bits per heavy atom. The summed E-state index contributed by atoms with van der Waals surface area (Å²) in [5.41, 5.74) is 0.980. The van der Waals surface area contributed by atoms with Crippen LogP contribution in [-0.2, 0) is 39.4 Å². The maximum absolute atomic E-state index is 12.9. The number of methoxy groups -OCH3 is 1. The lowest BCUT2D eigenvalue weighted by Gasteiger charge is -2.57. The van der Waals surface area contributed by atoms with Gasteiger partial charge in [0.05, 0.1) is 19.1 Å². The third-order valence-electron chi connectivity index (χ3n) is 6.08. The maximum Gasteiger partial charge on any atom is 0.319 e. The Balaban J connectivity index is 1.68. The molecule has 0 aromatic carbocycles. The predicted octanol–water partition coefficient (Wildman–Crippen LogP) is 3.19. The van der Waals surface area contributed by atoms with E-state index in [0.29, 0.717) is 18.5 Å².